The van der Waals surface area contributed by atoms with E-state index in [2.05, 4.69) is 21.7 Å². The first-order valence-corrected chi connectivity index (χ1v) is 13.0. The van der Waals surface area contributed by atoms with Crippen molar-refractivity contribution in [3.63, 3.8) is 0 Å². The summed E-state index contributed by atoms with van der Waals surface area (Å²) in [5.41, 5.74) is 1.03. The highest BCUT2D eigenvalue weighted by molar-refractivity contribution is 7.10. The van der Waals surface area contributed by atoms with Gasteiger partial charge < -0.3 is 9.84 Å². The summed E-state index contributed by atoms with van der Waals surface area (Å²) < 4.78 is 34.4. The molecule has 1 aromatic carbocycles. The van der Waals surface area contributed by atoms with Crippen molar-refractivity contribution in [2.24, 2.45) is 11.8 Å². The number of alkyl halides is 1. The van der Waals surface area contributed by atoms with E-state index >= 15 is 4.39 Å². The molecule has 3 atom stereocenters. The van der Waals surface area contributed by atoms with Crippen molar-refractivity contribution in [2.75, 3.05) is 26.7 Å². The lowest BCUT2D eigenvalue weighted by Gasteiger charge is -2.37. The van der Waals surface area contributed by atoms with Crippen LogP contribution < -0.4 is 4.74 Å². The lowest BCUT2D eigenvalue weighted by molar-refractivity contribution is -0.139. The van der Waals surface area contributed by atoms with Crippen LogP contribution in [0.4, 0.5) is 8.78 Å². The molecule has 1 aliphatic heterocycles. The highest BCUT2D eigenvalue weighted by atomic mass is 35.5. The molecule has 9 heteroatoms. The maximum Gasteiger partial charge on any atom is 0.303 e. The maximum absolute atomic E-state index is 15.6. The van der Waals surface area contributed by atoms with Crippen LogP contribution in [0.3, 0.4) is 0 Å². The highest BCUT2D eigenvalue weighted by Gasteiger charge is 2.31. The Morgan fingerprint density at radius 2 is 2.22 bits per heavy atom. The Hall–Kier alpha value is -2.73. The van der Waals surface area contributed by atoms with Crippen molar-refractivity contribution in [3.8, 4) is 17.6 Å². The molecule has 36 heavy (non-hydrogen) atoms. The van der Waals surface area contributed by atoms with Gasteiger partial charge in [0, 0.05) is 30.1 Å². The van der Waals surface area contributed by atoms with Crippen LogP contribution >= 0.6 is 22.9 Å². The van der Waals surface area contributed by atoms with Crippen LogP contribution in [-0.4, -0.2) is 47.7 Å². The number of pyridine rings is 1. The van der Waals surface area contributed by atoms with E-state index in [1.54, 1.807) is 30.7 Å². The zero-order valence-corrected chi connectivity index (χ0v) is 21.4. The predicted molar refractivity (Wildman–Crippen MR) is 138 cm³/mol. The van der Waals surface area contributed by atoms with E-state index < -0.39 is 12.1 Å². The number of methoxy groups -OCH3 is 1. The van der Waals surface area contributed by atoms with Gasteiger partial charge in [-0.15, -0.1) is 11.3 Å². The topological polar surface area (TPSA) is 62.7 Å². The molecule has 1 fully saturated rings. The van der Waals surface area contributed by atoms with Gasteiger partial charge >= 0.3 is 5.97 Å². The normalized spacial score (nSPS) is 19.0. The molecule has 1 N–H and O–H groups in total. The van der Waals surface area contributed by atoms with Crippen molar-refractivity contribution in [1.29, 1.82) is 0 Å². The Balaban J connectivity index is 1.42. The number of halogens is 3. The number of carboxylic acid groups (broad SMARTS) is 1. The monoisotopic (exact) mass is 532 g/mol. The Labute approximate surface area is 218 Å². The molecule has 4 rings (SSSR count). The van der Waals surface area contributed by atoms with Gasteiger partial charge in [0.2, 0.25) is 0 Å². The van der Waals surface area contributed by atoms with E-state index in [1.807, 2.05) is 0 Å². The quantitative estimate of drug-likeness (QED) is 0.342. The number of thiophene rings is 1. The van der Waals surface area contributed by atoms with Gasteiger partial charge in [0.25, 0.3) is 0 Å². The smallest absolute Gasteiger partial charge is 0.303 e. The number of aromatic nitrogens is 1. The molecule has 0 bridgehead atoms. The summed E-state index contributed by atoms with van der Waals surface area (Å²) in [6, 6.07) is 6.67. The van der Waals surface area contributed by atoms with Crippen LogP contribution in [0.2, 0.25) is 5.02 Å². The minimum Gasteiger partial charge on any atom is -0.497 e. The van der Waals surface area contributed by atoms with Gasteiger partial charge in [0.05, 0.1) is 24.2 Å². The molecule has 0 aliphatic carbocycles. The summed E-state index contributed by atoms with van der Waals surface area (Å²) in [5.74, 6) is 5.21. The van der Waals surface area contributed by atoms with Crippen LogP contribution in [0.25, 0.3) is 10.9 Å². The summed E-state index contributed by atoms with van der Waals surface area (Å²) in [6.45, 7) is 1.73. The van der Waals surface area contributed by atoms with Crippen LogP contribution in [0.5, 0.6) is 5.75 Å². The third-order valence-electron chi connectivity index (χ3n) is 6.71. The van der Waals surface area contributed by atoms with Gasteiger partial charge in [-0.05, 0) is 67.3 Å². The molecule has 1 saturated heterocycles. The molecule has 5 nitrogen and oxygen atoms in total. The zero-order chi connectivity index (χ0) is 25.7. The van der Waals surface area contributed by atoms with Gasteiger partial charge in [-0.2, -0.15) is 0 Å². The molecule has 2 unspecified atom stereocenters. The van der Waals surface area contributed by atoms with E-state index in [0.717, 1.165) is 13.0 Å². The number of nitrogens with zero attached hydrogens (tertiary/aromatic N) is 2. The number of piperidine rings is 1. The molecule has 3 heterocycles. The van der Waals surface area contributed by atoms with Crippen molar-refractivity contribution in [1.82, 2.24) is 9.88 Å². The lowest BCUT2D eigenvalue weighted by atomic mass is 9.79. The summed E-state index contributed by atoms with van der Waals surface area (Å²) in [6.07, 6.45) is 1.69. The summed E-state index contributed by atoms with van der Waals surface area (Å²) in [5, 5.41) is 12.0. The first kappa shape index (κ1) is 26.3. The Bertz CT molecular complexity index is 1290. The fraction of sp³-hybridized carbons (Fsp3) is 0.407. The van der Waals surface area contributed by atoms with Gasteiger partial charge in [-0.1, -0.05) is 23.4 Å². The Morgan fingerprint density at radius 3 is 2.94 bits per heavy atom. The van der Waals surface area contributed by atoms with E-state index in [0.29, 0.717) is 46.6 Å². The predicted octanol–water partition coefficient (Wildman–Crippen LogP) is 6.35. The fourth-order valence-corrected chi connectivity index (χ4v) is 5.77. The molecule has 1 aliphatic rings. The number of likely N-dealkylation sites (tertiary alicyclic amines) is 1. The van der Waals surface area contributed by atoms with Crippen LogP contribution in [-0.2, 0) is 4.79 Å². The van der Waals surface area contributed by atoms with Crippen molar-refractivity contribution in [2.45, 2.75) is 31.9 Å². The minimum absolute atomic E-state index is 0.0151. The van der Waals surface area contributed by atoms with E-state index in [9.17, 15) is 14.3 Å². The largest absolute Gasteiger partial charge is 0.497 e. The molecule has 3 aromatic rings. The zero-order valence-electron chi connectivity index (χ0n) is 19.8. The molecule has 0 spiro atoms. The average Bonchev–Trinajstić information content (AvgIpc) is 3.27. The number of carboxylic acids is 1. The SMILES string of the molecule is COc1ccc2ncc(Cl)c([C@H](F)CCC3CCN(CC#Cc4sccc4F)CC3CC(=O)O)c2c1. The molecular formula is C27H27ClF2N2O3S. The number of ether oxygens (including phenoxy) is 1. The van der Waals surface area contributed by atoms with Gasteiger partial charge in [-0.25, -0.2) is 8.78 Å². The molecule has 0 amide bonds. The lowest BCUT2D eigenvalue weighted by Crippen LogP contribution is -2.41. The second kappa shape index (κ2) is 12.0. The number of hydrogen-bond acceptors (Lipinski definition) is 5. The number of aliphatic carboxylic acids is 1. The maximum atomic E-state index is 15.6. The van der Waals surface area contributed by atoms with Crippen LogP contribution in [0.1, 0.15) is 42.3 Å². The van der Waals surface area contributed by atoms with Crippen molar-refractivity contribution >= 4 is 39.8 Å². The minimum atomic E-state index is -1.31. The molecular weight excluding hydrogens is 506 g/mol. The summed E-state index contributed by atoms with van der Waals surface area (Å²) >= 11 is 7.62. The van der Waals surface area contributed by atoms with Gasteiger partial charge in [-0.3, -0.25) is 14.7 Å². The summed E-state index contributed by atoms with van der Waals surface area (Å²) in [4.78, 5) is 18.3. The number of carbonyl (C=O) groups is 1. The highest BCUT2D eigenvalue weighted by Crippen LogP contribution is 2.39. The first-order chi connectivity index (χ1) is 17.4. The second-order valence-corrected chi connectivity index (χ2v) is 10.3. The second-order valence-electron chi connectivity index (χ2n) is 8.99. The summed E-state index contributed by atoms with van der Waals surface area (Å²) in [7, 11) is 1.55. The molecule has 0 saturated carbocycles. The number of fused-ring (bicyclic) bond motifs is 1. The number of benzene rings is 1. The van der Waals surface area contributed by atoms with Gasteiger partial charge in [0.15, 0.2) is 0 Å². The average molecular weight is 533 g/mol. The van der Waals surface area contributed by atoms with Crippen molar-refractivity contribution < 1.29 is 23.4 Å². The number of hydrogen-bond donors (Lipinski definition) is 1. The third kappa shape index (κ3) is 6.33. The Kier molecular flexibility index (Phi) is 8.78. The fourth-order valence-electron chi connectivity index (χ4n) is 4.87. The standard InChI is InChI=1S/C27H27ClF2N2O3S/c1-35-19-5-7-24-20(14-19)27(21(28)15-31-24)23(30)6-4-17-8-11-32(16-18(17)13-26(33)34)10-2-3-25-22(29)9-12-36-25/h5,7,9,12,14-15,17-18,23H,4,6,8,10-11,13,16H2,1H3,(H,33,34)/t17?,18?,23-/m1/s1. The molecule has 190 valence electrons. The van der Waals surface area contributed by atoms with E-state index in [4.69, 9.17) is 16.3 Å². The van der Waals surface area contributed by atoms with Gasteiger partial charge in [0.1, 0.15) is 22.6 Å². The van der Waals surface area contributed by atoms with E-state index in [-0.39, 0.29) is 35.5 Å². The third-order valence-corrected chi connectivity index (χ3v) is 7.81. The number of rotatable bonds is 8. The molecule has 2 aromatic heterocycles. The van der Waals surface area contributed by atoms with Crippen LogP contribution in [0.15, 0.2) is 35.8 Å². The van der Waals surface area contributed by atoms with Crippen molar-refractivity contribution in [3.05, 3.63) is 57.1 Å². The van der Waals surface area contributed by atoms with E-state index in [1.165, 1.54) is 23.6 Å². The van der Waals surface area contributed by atoms with Crippen LogP contribution in [0, 0.1) is 29.5 Å². The Morgan fingerprint density at radius 1 is 1.39 bits per heavy atom. The first-order valence-electron chi connectivity index (χ1n) is 11.8. The molecule has 0 radical (unpaired) electrons.